The van der Waals surface area contributed by atoms with Crippen LogP contribution in [0.25, 0.3) is 0 Å². The van der Waals surface area contributed by atoms with E-state index in [9.17, 15) is 4.79 Å². The Hall–Kier alpha value is -1.26. The van der Waals surface area contributed by atoms with E-state index in [-0.39, 0.29) is 0 Å². The molecule has 0 spiro atoms. The molecule has 0 aliphatic carbocycles. The maximum Gasteiger partial charge on any atom is 0.345 e. The van der Waals surface area contributed by atoms with Gasteiger partial charge < -0.3 is 5.11 Å². The van der Waals surface area contributed by atoms with Crippen LogP contribution < -0.4 is 0 Å². The summed E-state index contributed by atoms with van der Waals surface area (Å²) in [6, 6.07) is 10.4. The third kappa shape index (κ3) is 3.85. The van der Waals surface area contributed by atoms with E-state index in [0.717, 1.165) is 10.6 Å². The Kier molecular flexibility index (Phi) is 4.66. The van der Waals surface area contributed by atoms with Gasteiger partial charge in [0.2, 0.25) is 0 Å². The van der Waals surface area contributed by atoms with Crippen molar-refractivity contribution in [3.8, 4) is 0 Å². The summed E-state index contributed by atoms with van der Waals surface area (Å²) in [7, 11) is 0. The molecule has 19 heavy (non-hydrogen) atoms. The monoisotopic (exact) mass is 292 g/mol. The Balaban J connectivity index is 1.96. The molecule has 0 saturated heterocycles. The van der Waals surface area contributed by atoms with Gasteiger partial charge in [0.05, 0.1) is 0 Å². The molecule has 0 aliphatic rings. The number of carbonyl (C=O) groups is 1. The number of hydrogen-bond donors (Lipinski definition) is 1. The SMILES string of the molecule is CC(C)c1ccc(CSc2csc(C(=O)O)c2)cc1. The highest BCUT2D eigenvalue weighted by atomic mass is 32.2. The van der Waals surface area contributed by atoms with Crippen molar-refractivity contribution in [1.82, 2.24) is 0 Å². The Morgan fingerprint density at radius 3 is 2.53 bits per heavy atom. The van der Waals surface area contributed by atoms with Crippen LogP contribution in [0, 0.1) is 0 Å². The number of aromatic carboxylic acids is 1. The molecule has 0 bridgehead atoms. The van der Waals surface area contributed by atoms with E-state index >= 15 is 0 Å². The first-order chi connectivity index (χ1) is 9.06. The molecule has 1 N–H and O–H groups in total. The summed E-state index contributed by atoms with van der Waals surface area (Å²) in [5.74, 6) is 0.573. The van der Waals surface area contributed by atoms with Gasteiger partial charge >= 0.3 is 5.97 Å². The van der Waals surface area contributed by atoms with Crippen molar-refractivity contribution in [2.45, 2.75) is 30.4 Å². The van der Waals surface area contributed by atoms with E-state index in [1.165, 1.54) is 22.5 Å². The van der Waals surface area contributed by atoms with Gasteiger partial charge in [-0.25, -0.2) is 4.79 Å². The van der Waals surface area contributed by atoms with Gasteiger partial charge in [0.25, 0.3) is 0 Å². The van der Waals surface area contributed by atoms with Gasteiger partial charge in [-0.2, -0.15) is 0 Å². The Labute approximate surface area is 121 Å². The lowest BCUT2D eigenvalue weighted by atomic mass is 10.0. The predicted molar refractivity (Wildman–Crippen MR) is 81.4 cm³/mol. The van der Waals surface area contributed by atoms with Crippen molar-refractivity contribution in [3.05, 3.63) is 51.7 Å². The highest BCUT2D eigenvalue weighted by molar-refractivity contribution is 7.98. The number of hydrogen-bond acceptors (Lipinski definition) is 3. The normalized spacial score (nSPS) is 10.9. The smallest absolute Gasteiger partial charge is 0.345 e. The van der Waals surface area contributed by atoms with Crippen molar-refractivity contribution in [3.63, 3.8) is 0 Å². The summed E-state index contributed by atoms with van der Waals surface area (Å²) < 4.78 is 0. The molecule has 2 rings (SSSR count). The minimum absolute atomic E-state index is 0.401. The van der Waals surface area contributed by atoms with Crippen LogP contribution in [-0.2, 0) is 5.75 Å². The molecule has 2 aromatic rings. The zero-order chi connectivity index (χ0) is 13.8. The van der Waals surface area contributed by atoms with Crippen molar-refractivity contribution in [2.75, 3.05) is 0 Å². The number of carboxylic acid groups (broad SMARTS) is 1. The molecule has 100 valence electrons. The average Bonchev–Trinajstić information content (AvgIpc) is 2.86. The fraction of sp³-hybridized carbons (Fsp3) is 0.267. The van der Waals surface area contributed by atoms with Crippen LogP contribution in [0.3, 0.4) is 0 Å². The first-order valence-corrected chi connectivity index (χ1v) is 7.96. The van der Waals surface area contributed by atoms with Crippen LogP contribution in [0.15, 0.2) is 40.6 Å². The van der Waals surface area contributed by atoms with E-state index in [2.05, 4.69) is 38.1 Å². The van der Waals surface area contributed by atoms with E-state index in [0.29, 0.717) is 10.8 Å². The maximum absolute atomic E-state index is 10.8. The van der Waals surface area contributed by atoms with Gasteiger partial charge in [-0.1, -0.05) is 38.1 Å². The van der Waals surface area contributed by atoms with E-state index in [1.54, 1.807) is 17.8 Å². The first-order valence-electron chi connectivity index (χ1n) is 6.09. The summed E-state index contributed by atoms with van der Waals surface area (Å²) >= 11 is 2.95. The van der Waals surface area contributed by atoms with E-state index in [1.807, 2.05) is 5.38 Å². The van der Waals surface area contributed by atoms with Crippen LogP contribution in [0.1, 0.15) is 40.6 Å². The quantitative estimate of drug-likeness (QED) is 0.799. The second kappa shape index (κ2) is 6.26. The number of thioether (sulfide) groups is 1. The minimum Gasteiger partial charge on any atom is -0.477 e. The summed E-state index contributed by atoms with van der Waals surface area (Å²) in [5, 5.41) is 10.8. The molecule has 4 heteroatoms. The Morgan fingerprint density at radius 2 is 2.00 bits per heavy atom. The number of benzene rings is 1. The van der Waals surface area contributed by atoms with Gasteiger partial charge in [0, 0.05) is 16.0 Å². The van der Waals surface area contributed by atoms with Gasteiger partial charge in [-0.05, 0) is 23.1 Å². The first kappa shape index (κ1) is 14.2. The third-order valence-corrected chi connectivity index (χ3v) is 4.95. The molecule has 1 aromatic carbocycles. The van der Waals surface area contributed by atoms with Gasteiger partial charge in [0.15, 0.2) is 0 Å². The highest BCUT2D eigenvalue weighted by Crippen LogP contribution is 2.28. The van der Waals surface area contributed by atoms with Crippen LogP contribution in [0.2, 0.25) is 0 Å². The molecule has 0 unspecified atom stereocenters. The number of thiophene rings is 1. The number of rotatable bonds is 5. The van der Waals surface area contributed by atoms with Gasteiger partial charge in [0.1, 0.15) is 4.88 Å². The number of carboxylic acids is 1. The molecule has 2 nitrogen and oxygen atoms in total. The van der Waals surface area contributed by atoms with Crippen molar-refractivity contribution < 1.29 is 9.90 Å². The van der Waals surface area contributed by atoms with Crippen molar-refractivity contribution in [1.29, 1.82) is 0 Å². The molecular weight excluding hydrogens is 276 g/mol. The van der Waals surface area contributed by atoms with Crippen LogP contribution in [0.5, 0.6) is 0 Å². The average molecular weight is 292 g/mol. The van der Waals surface area contributed by atoms with Crippen LogP contribution >= 0.6 is 23.1 Å². The van der Waals surface area contributed by atoms with Crippen LogP contribution in [-0.4, -0.2) is 11.1 Å². The second-order valence-corrected chi connectivity index (χ2v) is 6.60. The molecule has 0 aliphatic heterocycles. The van der Waals surface area contributed by atoms with Crippen molar-refractivity contribution >= 4 is 29.1 Å². The summed E-state index contributed by atoms with van der Waals surface area (Å²) in [5.41, 5.74) is 2.61. The fourth-order valence-corrected chi connectivity index (χ4v) is 3.50. The van der Waals surface area contributed by atoms with Gasteiger partial charge in [-0.3, -0.25) is 0 Å². The van der Waals surface area contributed by atoms with E-state index < -0.39 is 5.97 Å². The maximum atomic E-state index is 10.8. The lowest BCUT2D eigenvalue weighted by Gasteiger charge is -2.06. The lowest BCUT2D eigenvalue weighted by molar-refractivity contribution is 0.0702. The summed E-state index contributed by atoms with van der Waals surface area (Å²) in [4.78, 5) is 12.2. The molecule has 1 aromatic heterocycles. The largest absolute Gasteiger partial charge is 0.477 e. The standard InChI is InChI=1S/C15H16O2S2/c1-10(2)12-5-3-11(4-6-12)8-18-13-7-14(15(16)17)19-9-13/h3-7,9-10H,8H2,1-2H3,(H,16,17). The predicted octanol–water partition coefficient (Wildman–Crippen LogP) is 4.86. The molecule has 0 atom stereocenters. The molecular formula is C15H16O2S2. The highest BCUT2D eigenvalue weighted by Gasteiger charge is 2.07. The zero-order valence-electron chi connectivity index (χ0n) is 10.9. The Bertz CT molecular complexity index is 556. The zero-order valence-corrected chi connectivity index (χ0v) is 12.6. The molecule has 0 fully saturated rings. The van der Waals surface area contributed by atoms with Crippen molar-refractivity contribution in [2.24, 2.45) is 0 Å². The minimum atomic E-state index is -0.849. The topological polar surface area (TPSA) is 37.3 Å². The molecule has 0 radical (unpaired) electrons. The molecule has 0 amide bonds. The lowest BCUT2D eigenvalue weighted by Crippen LogP contribution is -1.90. The summed E-state index contributed by atoms with van der Waals surface area (Å²) in [6.07, 6.45) is 0. The Morgan fingerprint density at radius 1 is 1.32 bits per heavy atom. The molecule has 1 heterocycles. The van der Waals surface area contributed by atoms with Crippen LogP contribution in [0.4, 0.5) is 0 Å². The molecule has 0 saturated carbocycles. The van der Waals surface area contributed by atoms with E-state index in [4.69, 9.17) is 5.11 Å². The summed E-state index contributed by atoms with van der Waals surface area (Å²) in [6.45, 7) is 4.37. The van der Waals surface area contributed by atoms with Gasteiger partial charge in [-0.15, -0.1) is 23.1 Å². The fourth-order valence-electron chi connectivity index (χ4n) is 1.67. The third-order valence-electron chi connectivity index (χ3n) is 2.84. The second-order valence-electron chi connectivity index (χ2n) is 4.64.